The quantitative estimate of drug-likeness (QED) is 0.722. The third-order valence-electron chi connectivity index (χ3n) is 3.32. The Morgan fingerprint density at radius 1 is 1.44 bits per heavy atom. The maximum Gasteiger partial charge on any atom is 0.237 e. The molecule has 1 rings (SSSR count). The molecule has 0 radical (unpaired) electrons. The molecule has 2 N–H and O–H groups in total. The summed E-state index contributed by atoms with van der Waals surface area (Å²) in [5, 5.41) is 12.7. The first-order valence-electron chi connectivity index (χ1n) is 6.70. The highest BCUT2D eigenvalue weighted by Gasteiger charge is 2.36. The Bertz CT molecular complexity index is 281. The van der Waals surface area contributed by atoms with Crippen molar-refractivity contribution in [3.8, 4) is 0 Å². The van der Waals surface area contributed by atoms with Crippen molar-refractivity contribution in [2.75, 3.05) is 27.2 Å². The van der Waals surface area contributed by atoms with Gasteiger partial charge in [0.05, 0.1) is 12.1 Å². The second-order valence-electron chi connectivity index (χ2n) is 5.84. The first-order valence-corrected chi connectivity index (χ1v) is 6.70. The van der Waals surface area contributed by atoms with Gasteiger partial charge in [-0.25, -0.2) is 0 Å². The molecular formula is C13H27N3O2. The number of rotatable bonds is 5. The molecule has 1 saturated heterocycles. The van der Waals surface area contributed by atoms with Gasteiger partial charge < -0.3 is 15.3 Å². The number of aliphatic hydroxyl groups is 1. The molecule has 3 unspecified atom stereocenters. The highest BCUT2D eigenvalue weighted by Crippen LogP contribution is 2.21. The lowest BCUT2D eigenvalue weighted by atomic mass is 10.1. The smallest absolute Gasteiger partial charge is 0.237 e. The van der Waals surface area contributed by atoms with E-state index in [-0.39, 0.29) is 30.1 Å². The number of amides is 1. The van der Waals surface area contributed by atoms with E-state index >= 15 is 0 Å². The first-order chi connectivity index (χ1) is 8.31. The average molecular weight is 257 g/mol. The van der Waals surface area contributed by atoms with Gasteiger partial charge in [0.2, 0.25) is 5.91 Å². The summed E-state index contributed by atoms with van der Waals surface area (Å²) >= 11 is 0. The number of likely N-dealkylation sites (tertiary alicyclic amines) is 1. The summed E-state index contributed by atoms with van der Waals surface area (Å²) in [6.45, 7) is 7.29. The minimum Gasteiger partial charge on any atom is -0.392 e. The molecule has 0 saturated carbocycles. The Labute approximate surface area is 110 Å². The van der Waals surface area contributed by atoms with E-state index in [2.05, 4.69) is 15.1 Å². The molecule has 0 bridgehead atoms. The molecule has 0 aromatic rings. The maximum absolute atomic E-state index is 12.0. The lowest BCUT2D eigenvalue weighted by Gasteiger charge is -2.31. The second-order valence-corrected chi connectivity index (χ2v) is 5.84. The zero-order valence-corrected chi connectivity index (χ0v) is 12.2. The van der Waals surface area contributed by atoms with Gasteiger partial charge in [0.25, 0.3) is 0 Å². The van der Waals surface area contributed by atoms with Crippen LogP contribution in [0.5, 0.6) is 0 Å². The van der Waals surface area contributed by atoms with E-state index in [4.69, 9.17) is 0 Å². The number of hydrogen-bond acceptors (Lipinski definition) is 4. The van der Waals surface area contributed by atoms with Gasteiger partial charge in [0.15, 0.2) is 0 Å². The highest BCUT2D eigenvalue weighted by atomic mass is 16.3. The van der Waals surface area contributed by atoms with Crippen LogP contribution in [0, 0.1) is 0 Å². The fourth-order valence-electron chi connectivity index (χ4n) is 2.55. The number of carbonyl (C=O) groups is 1. The SMILES string of the molecule is CC(C)NC(=O)C(C)N1CC(O)CC1CN(C)C. The minimum atomic E-state index is -0.316. The van der Waals surface area contributed by atoms with Crippen LogP contribution in [0.1, 0.15) is 27.2 Å². The van der Waals surface area contributed by atoms with Gasteiger partial charge in [0, 0.05) is 25.2 Å². The van der Waals surface area contributed by atoms with Gasteiger partial charge >= 0.3 is 0 Å². The summed E-state index contributed by atoms with van der Waals surface area (Å²) in [5.41, 5.74) is 0. The lowest BCUT2D eigenvalue weighted by Crippen LogP contribution is -2.51. The van der Waals surface area contributed by atoms with Gasteiger partial charge in [-0.3, -0.25) is 9.69 Å². The van der Waals surface area contributed by atoms with Gasteiger partial charge in [-0.05, 0) is 41.3 Å². The maximum atomic E-state index is 12.0. The topological polar surface area (TPSA) is 55.8 Å². The van der Waals surface area contributed by atoms with Crippen molar-refractivity contribution < 1.29 is 9.90 Å². The summed E-state index contributed by atoms with van der Waals surface area (Å²) in [5.74, 6) is 0.0443. The Hall–Kier alpha value is -0.650. The zero-order valence-electron chi connectivity index (χ0n) is 12.2. The minimum absolute atomic E-state index is 0.0443. The van der Waals surface area contributed by atoms with E-state index in [0.717, 1.165) is 13.0 Å². The molecule has 0 spiro atoms. The Morgan fingerprint density at radius 2 is 2.06 bits per heavy atom. The van der Waals surface area contributed by atoms with E-state index in [1.165, 1.54) is 0 Å². The molecule has 106 valence electrons. The fourth-order valence-corrected chi connectivity index (χ4v) is 2.55. The summed E-state index contributed by atoms with van der Waals surface area (Å²) in [7, 11) is 4.03. The number of carbonyl (C=O) groups excluding carboxylic acids is 1. The van der Waals surface area contributed by atoms with Crippen molar-refractivity contribution in [1.82, 2.24) is 15.1 Å². The van der Waals surface area contributed by atoms with E-state index in [9.17, 15) is 9.90 Å². The van der Waals surface area contributed by atoms with Crippen molar-refractivity contribution in [1.29, 1.82) is 0 Å². The molecule has 0 aliphatic carbocycles. The zero-order chi connectivity index (χ0) is 13.9. The molecule has 1 fully saturated rings. The van der Waals surface area contributed by atoms with Crippen LogP contribution in [0.3, 0.4) is 0 Å². The number of nitrogens with zero attached hydrogens (tertiary/aromatic N) is 2. The van der Waals surface area contributed by atoms with Crippen LogP contribution < -0.4 is 5.32 Å². The van der Waals surface area contributed by atoms with Crippen LogP contribution in [0.2, 0.25) is 0 Å². The number of aliphatic hydroxyl groups excluding tert-OH is 1. The summed E-state index contributed by atoms with van der Waals surface area (Å²) in [4.78, 5) is 16.2. The number of hydrogen-bond donors (Lipinski definition) is 2. The third kappa shape index (κ3) is 4.23. The van der Waals surface area contributed by atoms with Crippen LogP contribution >= 0.6 is 0 Å². The van der Waals surface area contributed by atoms with Crippen LogP contribution in [-0.2, 0) is 4.79 Å². The third-order valence-corrected chi connectivity index (χ3v) is 3.32. The van der Waals surface area contributed by atoms with Crippen molar-refractivity contribution in [2.45, 2.75) is 51.4 Å². The van der Waals surface area contributed by atoms with Crippen LogP contribution in [0.4, 0.5) is 0 Å². The van der Waals surface area contributed by atoms with Crippen molar-refractivity contribution in [3.05, 3.63) is 0 Å². The summed E-state index contributed by atoms with van der Waals surface area (Å²) in [6, 6.07) is 0.220. The number of nitrogens with one attached hydrogen (secondary N) is 1. The largest absolute Gasteiger partial charge is 0.392 e. The monoisotopic (exact) mass is 257 g/mol. The van der Waals surface area contributed by atoms with Crippen molar-refractivity contribution in [3.63, 3.8) is 0 Å². The van der Waals surface area contributed by atoms with E-state index in [0.29, 0.717) is 6.54 Å². The molecule has 1 aliphatic rings. The van der Waals surface area contributed by atoms with E-state index in [1.807, 2.05) is 34.9 Å². The Balaban J connectivity index is 2.63. The molecule has 5 heteroatoms. The van der Waals surface area contributed by atoms with E-state index < -0.39 is 0 Å². The fraction of sp³-hybridized carbons (Fsp3) is 0.923. The summed E-state index contributed by atoms with van der Waals surface area (Å²) in [6.07, 6.45) is 0.432. The van der Waals surface area contributed by atoms with Crippen molar-refractivity contribution in [2.24, 2.45) is 0 Å². The predicted octanol–water partition coefficient (Wildman–Crippen LogP) is -0.104. The van der Waals surface area contributed by atoms with Crippen LogP contribution in [0.15, 0.2) is 0 Å². The number of likely N-dealkylation sites (N-methyl/N-ethyl adjacent to an activating group) is 1. The van der Waals surface area contributed by atoms with Gasteiger partial charge in [0.1, 0.15) is 0 Å². The summed E-state index contributed by atoms with van der Waals surface area (Å²) < 4.78 is 0. The normalized spacial score (nSPS) is 26.9. The standard InChI is InChI=1S/C13H27N3O2/c1-9(2)14-13(18)10(3)16-8-12(17)6-11(16)7-15(4)5/h9-12,17H,6-8H2,1-5H3,(H,14,18). The Morgan fingerprint density at radius 3 is 2.56 bits per heavy atom. The molecule has 1 aliphatic heterocycles. The average Bonchev–Trinajstić information content (AvgIpc) is 2.56. The first kappa shape index (κ1) is 15.4. The molecule has 0 aromatic heterocycles. The molecule has 1 heterocycles. The highest BCUT2D eigenvalue weighted by molar-refractivity contribution is 5.81. The molecule has 3 atom stereocenters. The molecule has 1 amide bonds. The molecule has 0 aromatic carbocycles. The molecule has 18 heavy (non-hydrogen) atoms. The lowest BCUT2D eigenvalue weighted by molar-refractivity contribution is -0.126. The van der Waals surface area contributed by atoms with Crippen molar-refractivity contribution >= 4 is 5.91 Å². The Kier molecular flexibility index (Phi) is 5.56. The predicted molar refractivity (Wildman–Crippen MR) is 72.4 cm³/mol. The van der Waals surface area contributed by atoms with Crippen LogP contribution in [0.25, 0.3) is 0 Å². The van der Waals surface area contributed by atoms with Crippen LogP contribution in [-0.4, -0.2) is 72.2 Å². The van der Waals surface area contributed by atoms with Gasteiger partial charge in [-0.1, -0.05) is 0 Å². The molecule has 5 nitrogen and oxygen atoms in total. The van der Waals surface area contributed by atoms with E-state index in [1.54, 1.807) is 0 Å². The van der Waals surface area contributed by atoms with Gasteiger partial charge in [-0.2, -0.15) is 0 Å². The van der Waals surface area contributed by atoms with Gasteiger partial charge in [-0.15, -0.1) is 0 Å². The molecular weight excluding hydrogens is 230 g/mol. The second kappa shape index (κ2) is 6.50. The number of β-amino-alcohol motifs (C(OH)–C–C–N with tert-alkyl or cyclic N) is 1.